The summed E-state index contributed by atoms with van der Waals surface area (Å²) in [6.45, 7) is 6.08. The average molecular weight is 160 g/mol. The van der Waals surface area contributed by atoms with Gasteiger partial charge in [0.2, 0.25) is 0 Å². The van der Waals surface area contributed by atoms with Gasteiger partial charge in [0.15, 0.2) is 0 Å². The number of hydrogen-bond donors (Lipinski definition) is 1. The van der Waals surface area contributed by atoms with Crippen molar-refractivity contribution in [3.63, 3.8) is 0 Å². The van der Waals surface area contributed by atoms with Crippen LogP contribution in [0.1, 0.15) is 26.7 Å². The van der Waals surface area contributed by atoms with E-state index in [1.165, 1.54) is 19.4 Å². The zero-order chi connectivity index (χ0) is 8.91. The lowest BCUT2D eigenvalue weighted by Gasteiger charge is -2.30. The minimum absolute atomic E-state index is 0.179. The maximum atomic E-state index is 9.17. The molecular formula is C9H22NO+. The molecule has 0 bridgehead atoms. The Morgan fingerprint density at radius 3 is 2.27 bits per heavy atom. The molecule has 0 aliphatic heterocycles. The van der Waals surface area contributed by atoms with E-state index in [1.54, 1.807) is 0 Å². The number of hydrogen-bond acceptors (Lipinski definition) is 1. The largest absolute Gasteiger partial charge is 0.388 e. The molecule has 0 fully saturated rings. The predicted octanol–water partition coefficient (Wildman–Crippen LogP) is 1.24. The van der Waals surface area contributed by atoms with Crippen LogP contribution in [0.5, 0.6) is 0 Å². The molecule has 1 atom stereocenters. The maximum absolute atomic E-state index is 9.17. The maximum Gasteiger partial charge on any atom is 0.104 e. The van der Waals surface area contributed by atoms with Gasteiger partial charge in [0.1, 0.15) is 12.6 Å². The van der Waals surface area contributed by atoms with Crippen molar-refractivity contribution in [2.75, 3.05) is 27.2 Å². The van der Waals surface area contributed by atoms with Crippen LogP contribution >= 0.6 is 0 Å². The van der Waals surface area contributed by atoms with E-state index in [4.69, 9.17) is 0 Å². The van der Waals surface area contributed by atoms with Gasteiger partial charge in [-0.2, -0.15) is 0 Å². The van der Waals surface area contributed by atoms with E-state index >= 15 is 0 Å². The van der Waals surface area contributed by atoms with Gasteiger partial charge in [-0.05, 0) is 13.3 Å². The number of rotatable bonds is 5. The highest BCUT2D eigenvalue weighted by Gasteiger charge is 2.16. The minimum Gasteiger partial charge on any atom is -0.388 e. The number of nitrogens with zero attached hydrogens (tertiary/aromatic N) is 1. The van der Waals surface area contributed by atoms with E-state index in [1.807, 2.05) is 6.92 Å². The molecule has 0 radical (unpaired) electrons. The lowest BCUT2D eigenvalue weighted by molar-refractivity contribution is -0.893. The van der Waals surface area contributed by atoms with Gasteiger partial charge in [-0.15, -0.1) is 0 Å². The van der Waals surface area contributed by atoms with Crippen LogP contribution in [0.15, 0.2) is 0 Å². The number of unbranched alkanes of at least 4 members (excludes halogenated alkanes) is 1. The lowest BCUT2D eigenvalue weighted by atomic mass is 10.2. The van der Waals surface area contributed by atoms with Gasteiger partial charge in [-0.1, -0.05) is 13.3 Å². The molecule has 0 aromatic heterocycles. The van der Waals surface area contributed by atoms with Crippen LogP contribution in [0.25, 0.3) is 0 Å². The smallest absolute Gasteiger partial charge is 0.104 e. The summed E-state index contributed by atoms with van der Waals surface area (Å²) in [5, 5.41) is 9.17. The van der Waals surface area contributed by atoms with Crippen molar-refractivity contribution in [2.24, 2.45) is 0 Å². The lowest BCUT2D eigenvalue weighted by Crippen LogP contribution is -2.45. The van der Waals surface area contributed by atoms with Crippen molar-refractivity contribution >= 4 is 0 Å². The zero-order valence-electron chi connectivity index (χ0n) is 8.30. The highest BCUT2D eigenvalue weighted by atomic mass is 16.3. The van der Waals surface area contributed by atoms with Crippen molar-refractivity contribution in [1.82, 2.24) is 0 Å². The molecule has 0 aromatic carbocycles. The van der Waals surface area contributed by atoms with Crippen LogP contribution in [0, 0.1) is 0 Å². The second-order valence-corrected chi connectivity index (χ2v) is 4.04. The first-order valence-corrected chi connectivity index (χ1v) is 4.48. The molecule has 0 saturated carbocycles. The van der Waals surface area contributed by atoms with Crippen molar-refractivity contribution in [3.05, 3.63) is 0 Å². The molecule has 11 heavy (non-hydrogen) atoms. The Morgan fingerprint density at radius 1 is 1.36 bits per heavy atom. The van der Waals surface area contributed by atoms with Gasteiger partial charge < -0.3 is 9.59 Å². The first-order valence-electron chi connectivity index (χ1n) is 4.48. The van der Waals surface area contributed by atoms with E-state index in [2.05, 4.69) is 21.0 Å². The van der Waals surface area contributed by atoms with Gasteiger partial charge in [0, 0.05) is 0 Å². The normalized spacial score (nSPS) is 15.0. The monoisotopic (exact) mass is 160 g/mol. The summed E-state index contributed by atoms with van der Waals surface area (Å²) in [7, 11) is 4.34. The summed E-state index contributed by atoms with van der Waals surface area (Å²) in [5.41, 5.74) is 0. The highest BCUT2D eigenvalue weighted by Crippen LogP contribution is 2.02. The minimum atomic E-state index is -0.179. The Bertz CT molecular complexity index is 99.7. The number of likely N-dealkylation sites (N-methyl/N-ethyl adjacent to an activating group) is 1. The third kappa shape index (κ3) is 6.32. The molecule has 0 spiro atoms. The summed E-state index contributed by atoms with van der Waals surface area (Å²) < 4.78 is 0.936. The predicted molar refractivity (Wildman–Crippen MR) is 48.4 cm³/mol. The molecule has 68 valence electrons. The fraction of sp³-hybridized carbons (Fsp3) is 1.00. The van der Waals surface area contributed by atoms with Gasteiger partial charge in [-0.25, -0.2) is 0 Å². The van der Waals surface area contributed by atoms with E-state index < -0.39 is 0 Å². The van der Waals surface area contributed by atoms with Crippen LogP contribution in [0.3, 0.4) is 0 Å². The van der Waals surface area contributed by atoms with Crippen LogP contribution in [0.4, 0.5) is 0 Å². The third-order valence-electron chi connectivity index (χ3n) is 1.88. The molecule has 0 saturated heterocycles. The van der Waals surface area contributed by atoms with E-state index in [0.717, 1.165) is 11.0 Å². The van der Waals surface area contributed by atoms with E-state index in [9.17, 15) is 5.11 Å². The van der Waals surface area contributed by atoms with Gasteiger partial charge in [0.25, 0.3) is 0 Å². The summed E-state index contributed by atoms with van der Waals surface area (Å²) in [6, 6.07) is 0. The van der Waals surface area contributed by atoms with Crippen molar-refractivity contribution in [1.29, 1.82) is 0 Å². The quantitative estimate of drug-likeness (QED) is 0.600. The molecule has 0 rings (SSSR count). The molecule has 0 aromatic rings. The molecule has 1 unspecified atom stereocenters. The van der Waals surface area contributed by atoms with Gasteiger partial charge in [-0.3, -0.25) is 0 Å². The molecule has 2 heteroatoms. The standard InChI is InChI=1S/C9H22NO/c1-5-6-7-10(3,4)8-9(2)11/h9,11H,5-8H2,1-4H3/q+1. The van der Waals surface area contributed by atoms with Crippen molar-refractivity contribution in [2.45, 2.75) is 32.8 Å². The zero-order valence-corrected chi connectivity index (χ0v) is 8.30. The average Bonchev–Trinajstić information content (AvgIpc) is 1.81. The Balaban J connectivity index is 3.61. The summed E-state index contributed by atoms with van der Waals surface area (Å²) >= 11 is 0. The van der Waals surface area contributed by atoms with Crippen LogP contribution in [-0.2, 0) is 0 Å². The fourth-order valence-electron chi connectivity index (χ4n) is 1.39. The van der Waals surface area contributed by atoms with Crippen molar-refractivity contribution < 1.29 is 9.59 Å². The summed E-state index contributed by atoms with van der Waals surface area (Å²) in [6.07, 6.45) is 2.31. The summed E-state index contributed by atoms with van der Waals surface area (Å²) in [5.74, 6) is 0. The van der Waals surface area contributed by atoms with Gasteiger partial charge >= 0.3 is 0 Å². The second kappa shape index (κ2) is 4.73. The fourth-order valence-corrected chi connectivity index (χ4v) is 1.39. The second-order valence-electron chi connectivity index (χ2n) is 4.04. The SMILES string of the molecule is CCCC[N+](C)(C)CC(C)O. The first kappa shape index (κ1) is 10.9. The molecule has 0 amide bonds. The van der Waals surface area contributed by atoms with Gasteiger partial charge in [0.05, 0.1) is 20.6 Å². The molecule has 0 aliphatic carbocycles. The number of quaternary nitrogens is 1. The third-order valence-corrected chi connectivity index (χ3v) is 1.88. The number of aliphatic hydroxyl groups is 1. The number of aliphatic hydroxyl groups excluding tert-OH is 1. The Kier molecular flexibility index (Phi) is 4.69. The molecule has 0 aliphatic rings. The Morgan fingerprint density at radius 2 is 1.91 bits per heavy atom. The van der Waals surface area contributed by atoms with Crippen LogP contribution in [-0.4, -0.2) is 42.9 Å². The first-order chi connectivity index (χ1) is 4.98. The Labute approximate surface area is 70.4 Å². The Hall–Kier alpha value is -0.0800. The van der Waals surface area contributed by atoms with Crippen LogP contribution in [0.2, 0.25) is 0 Å². The molecule has 0 heterocycles. The molecule has 2 nitrogen and oxygen atoms in total. The highest BCUT2D eigenvalue weighted by molar-refractivity contribution is 4.43. The van der Waals surface area contributed by atoms with E-state index in [0.29, 0.717) is 0 Å². The van der Waals surface area contributed by atoms with Crippen molar-refractivity contribution in [3.8, 4) is 0 Å². The topological polar surface area (TPSA) is 20.2 Å². The summed E-state index contributed by atoms with van der Waals surface area (Å²) in [4.78, 5) is 0. The molecule has 1 N–H and O–H groups in total. The molecular weight excluding hydrogens is 138 g/mol. The van der Waals surface area contributed by atoms with Crippen LogP contribution < -0.4 is 0 Å². The van der Waals surface area contributed by atoms with E-state index in [-0.39, 0.29) is 6.10 Å².